The second-order valence-electron chi connectivity index (χ2n) is 12.0. The number of aromatic nitrogens is 2. The minimum atomic E-state index is 0.386. The maximum absolute atomic E-state index is 5.32. The van der Waals surface area contributed by atoms with Crippen molar-refractivity contribution in [2.24, 2.45) is 0 Å². The maximum atomic E-state index is 5.32. The highest BCUT2D eigenvalue weighted by Crippen LogP contribution is 2.42. The number of hydrogen-bond donors (Lipinski definition) is 0. The summed E-state index contributed by atoms with van der Waals surface area (Å²) in [6, 6.07) is 37.9. The van der Waals surface area contributed by atoms with Gasteiger partial charge < -0.3 is 0 Å². The normalized spacial score (nSPS) is 12.1. The number of nitrogens with zero attached hydrogens (tertiary/aromatic N) is 2. The first kappa shape index (κ1) is 26.4. The van der Waals surface area contributed by atoms with Crippen LogP contribution in [-0.2, 0) is 0 Å². The molecule has 3 heterocycles. The van der Waals surface area contributed by atoms with Crippen LogP contribution in [0.2, 0.25) is 0 Å². The minimum absolute atomic E-state index is 0.386. The smallest absolute Gasteiger partial charge is 0.147 e. The number of fused-ring (bicyclic) bond motifs is 5. The predicted octanol–water partition coefficient (Wildman–Crippen LogP) is 12.2. The Kier molecular flexibility index (Phi) is 6.25. The molecular formula is C39H32N2S2. The Morgan fingerprint density at radius 2 is 1.26 bits per heavy atom. The zero-order valence-corrected chi connectivity index (χ0v) is 26.4. The van der Waals surface area contributed by atoms with Crippen LogP contribution in [0.25, 0.3) is 69.5 Å². The molecule has 0 saturated heterocycles. The van der Waals surface area contributed by atoms with Crippen molar-refractivity contribution < 1.29 is 0 Å². The molecule has 0 atom stereocenters. The van der Waals surface area contributed by atoms with Gasteiger partial charge in [0, 0.05) is 41.2 Å². The zero-order chi connectivity index (χ0) is 29.2. The van der Waals surface area contributed by atoms with Crippen LogP contribution in [-0.4, -0.2) is 9.55 Å². The Hall–Kier alpha value is -4.25. The second kappa shape index (κ2) is 10.2. The number of rotatable bonds is 5. The van der Waals surface area contributed by atoms with Gasteiger partial charge in [0.2, 0.25) is 0 Å². The average Bonchev–Trinajstić information content (AvgIpc) is 3.72. The fourth-order valence-electron chi connectivity index (χ4n) is 6.49. The van der Waals surface area contributed by atoms with E-state index in [1.165, 1.54) is 63.8 Å². The molecule has 210 valence electrons. The van der Waals surface area contributed by atoms with Gasteiger partial charge in [0.1, 0.15) is 5.82 Å². The van der Waals surface area contributed by atoms with Gasteiger partial charge in [-0.3, -0.25) is 4.57 Å². The predicted molar refractivity (Wildman–Crippen MR) is 188 cm³/mol. The average molecular weight is 593 g/mol. The van der Waals surface area contributed by atoms with Gasteiger partial charge in [0.05, 0.1) is 16.7 Å². The highest BCUT2D eigenvalue weighted by atomic mass is 32.1. The highest BCUT2D eigenvalue weighted by molar-refractivity contribution is 7.25. The molecule has 0 radical (unpaired) electrons. The minimum Gasteiger partial charge on any atom is -0.292 e. The van der Waals surface area contributed by atoms with Crippen LogP contribution in [0, 0.1) is 0 Å². The van der Waals surface area contributed by atoms with E-state index in [1.54, 1.807) is 11.3 Å². The monoisotopic (exact) mass is 592 g/mol. The molecular weight excluding hydrogens is 561 g/mol. The van der Waals surface area contributed by atoms with Crippen LogP contribution in [0.5, 0.6) is 0 Å². The van der Waals surface area contributed by atoms with Crippen LogP contribution in [0.15, 0.2) is 109 Å². The topological polar surface area (TPSA) is 17.8 Å². The summed E-state index contributed by atoms with van der Waals surface area (Å²) in [4.78, 5) is 5.32. The SMILES string of the molecule is CC(C)c1cccc(C(C)C)c1-n1c(-c2csc3ccc(-c4ccc5sc6ccccc6c5c4)cc23)nc2ccccc21. The summed E-state index contributed by atoms with van der Waals surface area (Å²) in [5, 5.41) is 6.22. The van der Waals surface area contributed by atoms with E-state index in [0.717, 1.165) is 16.9 Å². The molecule has 8 aromatic rings. The van der Waals surface area contributed by atoms with Crippen molar-refractivity contribution in [3.05, 3.63) is 120 Å². The lowest BCUT2D eigenvalue weighted by Gasteiger charge is -2.22. The van der Waals surface area contributed by atoms with Crippen molar-refractivity contribution in [2.45, 2.75) is 39.5 Å². The molecule has 5 aromatic carbocycles. The third-order valence-electron chi connectivity index (χ3n) is 8.65. The lowest BCUT2D eigenvalue weighted by atomic mass is 9.92. The first-order chi connectivity index (χ1) is 21.0. The molecule has 0 aliphatic heterocycles. The summed E-state index contributed by atoms with van der Waals surface area (Å²) in [5.41, 5.74) is 9.83. The quantitative estimate of drug-likeness (QED) is 0.194. The maximum Gasteiger partial charge on any atom is 0.147 e. The molecule has 0 unspecified atom stereocenters. The molecule has 0 aliphatic rings. The van der Waals surface area contributed by atoms with Gasteiger partial charge in [-0.2, -0.15) is 0 Å². The van der Waals surface area contributed by atoms with Gasteiger partial charge in [0.15, 0.2) is 0 Å². The van der Waals surface area contributed by atoms with Gasteiger partial charge in [0.25, 0.3) is 0 Å². The van der Waals surface area contributed by atoms with Crippen LogP contribution in [0.4, 0.5) is 0 Å². The van der Waals surface area contributed by atoms with Gasteiger partial charge in [-0.1, -0.05) is 88.4 Å². The Balaban J connectivity index is 1.37. The molecule has 0 N–H and O–H groups in total. The van der Waals surface area contributed by atoms with E-state index in [1.807, 2.05) is 11.3 Å². The second-order valence-corrected chi connectivity index (χ2v) is 14.0. The molecule has 8 rings (SSSR count). The molecule has 0 bridgehead atoms. The van der Waals surface area contributed by atoms with Gasteiger partial charge in [-0.15, -0.1) is 22.7 Å². The molecule has 0 amide bonds. The first-order valence-electron chi connectivity index (χ1n) is 15.0. The number of para-hydroxylation sites is 3. The van der Waals surface area contributed by atoms with Crippen molar-refractivity contribution in [2.75, 3.05) is 0 Å². The molecule has 43 heavy (non-hydrogen) atoms. The summed E-state index contributed by atoms with van der Waals surface area (Å²) in [6.45, 7) is 9.17. The third-order valence-corrected chi connectivity index (χ3v) is 10.8. The van der Waals surface area contributed by atoms with Gasteiger partial charge in [-0.05, 0) is 76.6 Å². The molecule has 3 aromatic heterocycles. The number of imidazole rings is 1. The molecule has 0 saturated carbocycles. The first-order valence-corrected chi connectivity index (χ1v) is 16.7. The van der Waals surface area contributed by atoms with Crippen molar-refractivity contribution >= 4 is 64.0 Å². The standard InChI is InChI=1S/C39H32N2S2/c1-23(2)27-11-9-12-28(24(3)4)38(27)41-34-14-7-6-13-33(34)40-39(41)32-22-42-35-18-16-25(21-31(32)35)26-17-19-37-30(20-26)29-10-5-8-15-36(29)43-37/h5-24H,1-4H3. The van der Waals surface area contributed by atoms with Crippen LogP contribution < -0.4 is 0 Å². The van der Waals surface area contributed by atoms with E-state index in [9.17, 15) is 0 Å². The number of thiophene rings is 2. The fourth-order valence-corrected chi connectivity index (χ4v) is 8.50. The fraction of sp³-hybridized carbons (Fsp3) is 0.154. The molecule has 2 nitrogen and oxygen atoms in total. The molecule has 0 fully saturated rings. The molecule has 4 heteroatoms. The number of benzene rings is 5. The molecule has 0 spiro atoms. The van der Waals surface area contributed by atoms with E-state index in [2.05, 4.69) is 141 Å². The van der Waals surface area contributed by atoms with Crippen LogP contribution in [0.3, 0.4) is 0 Å². The van der Waals surface area contributed by atoms with E-state index < -0.39 is 0 Å². The van der Waals surface area contributed by atoms with Crippen molar-refractivity contribution in [1.82, 2.24) is 9.55 Å². The summed E-state index contributed by atoms with van der Waals surface area (Å²) < 4.78 is 6.39. The summed E-state index contributed by atoms with van der Waals surface area (Å²) in [6.07, 6.45) is 0. The summed E-state index contributed by atoms with van der Waals surface area (Å²) in [7, 11) is 0. The van der Waals surface area contributed by atoms with E-state index in [4.69, 9.17) is 4.98 Å². The number of hydrogen-bond acceptors (Lipinski definition) is 3. The van der Waals surface area contributed by atoms with Gasteiger partial charge in [-0.25, -0.2) is 4.98 Å². The zero-order valence-electron chi connectivity index (χ0n) is 24.8. The Morgan fingerprint density at radius 1 is 0.605 bits per heavy atom. The summed E-state index contributed by atoms with van der Waals surface area (Å²) >= 11 is 3.67. The third kappa shape index (κ3) is 4.23. The highest BCUT2D eigenvalue weighted by Gasteiger charge is 2.23. The Morgan fingerprint density at radius 3 is 2.02 bits per heavy atom. The van der Waals surface area contributed by atoms with Crippen molar-refractivity contribution in [1.29, 1.82) is 0 Å². The Labute approximate surface area is 259 Å². The van der Waals surface area contributed by atoms with Crippen molar-refractivity contribution in [3.8, 4) is 28.2 Å². The van der Waals surface area contributed by atoms with Crippen LogP contribution in [0.1, 0.15) is 50.7 Å². The van der Waals surface area contributed by atoms with Gasteiger partial charge >= 0.3 is 0 Å². The van der Waals surface area contributed by atoms with E-state index in [-0.39, 0.29) is 0 Å². The van der Waals surface area contributed by atoms with Crippen molar-refractivity contribution in [3.63, 3.8) is 0 Å². The van der Waals surface area contributed by atoms with E-state index in [0.29, 0.717) is 11.8 Å². The van der Waals surface area contributed by atoms with E-state index >= 15 is 0 Å². The largest absolute Gasteiger partial charge is 0.292 e. The van der Waals surface area contributed by atoms with Crippen LogP contribution >= 0.6 is 22.7 Å². The summed E-state index contributed by atoms with van der Waals surface area (Å²) in [5.74, 6) is 1.78. The Bertz CT molecular complexity index is 2290. The molecule has 0 aliphatic carbocycles. The lowest BCUT2D eigenvalue weighted by Crippen LogP contribution is -2.08. The lowest BCUT2D eigenvalue weighted by molar-refractivity contribution is 0.811.